The van der Waals surface area contributed by atoms with Crippen LogP contribution < -0.4 is 10.1 Å². The Morgan fingerprint density at radius 3 is 2.04 bits per heavy atom. The number of amides is 1. The van der Waals surface area contributed by atoms with Crippen molar-refractivity contribution in [2.45, 2.75) is 122 Å². The number of ether oxygens (including phenoxy) is 1. The number of carboxylic acid groups (broad SMARTS) is 3. The van der Waals surface area contributed by atoms with Gasteiger partial charge in [-0.25, -0.2) is 9.59 Å². The summed E-state index contributed by atoms with van der Waals surface area (Å²) >= 11 is 0. The van der Waals surface area contributed by atoms with E-state index in [0.717, 1.165) is 57.4 Å². The number of rotatable bonds is 26. The molecule has 0 unspecified atom stereocenters. The van der Waals surface area contributed by atoms with Gasteiger partial charge in [0.15, 0.2) is 5.60 Å². The SMILES string of the molecule is CCCCCCC(=O)CCCCCC/C=C/[C@H](C(=O)N[C@@H](Cc1ccc(OCCC(C)C)cc1)C(=O)O)[C@@](O)(CC(=O)O)C(=O)O. The first-order valence-electron chi connectivity index (χ1n) is 16.4. The summed E-state index contributed by atoms with van der Waals surface area (Å²) in [4.78, 5) is 60.8. The second kappa shape index (κ2) is 21.9. The first kappa shape index (κ1) is 40.3. The highest BCUT2D eigenvalue weighted by molar-refractivity contribution is 5.94. The lowest BCUT2D eigenvalue weighted by Gasteiger charge is -2.29. The van der Waals surface area contributed by atoms with E-state index >= 15 is 0 Å². The van der Waals surface area contributed by atoms with Gasteiger partial charge in [0.05, 0.1) is 18.9 Å². The number of Topliss-reactive ketones (excluding diaryl/α,β-unsaturated/α-hetero) is 1. The molecule has 0 radical (unpaired) electrons. The number of hydrogen-bond donors (Lipinski definition) is 5. The minimum Gasteiger partial charge on any atom is -0.494 e. The molecule has 11 heteroatoms. The van der Waals surface area contributed by atoms with Crippen molar-refractivity contribution in [2.75, 3.05) is 6.61 Å². The van der Waals surface area contributed by atoms with Gasteiger partial charge >= 0.3 is 17.9 Å². The molecule has 1 aromatic rings. The van der Waals surface area contributed by atoms with Gasteiger partial charge in [-0.3, -0.25) is 14.4 Å². The van der Waals surface area contributed by atoms with Crippen LogP contribution in [-0.2, 0) is 30.4 Å². The van der Waals surface area contributed by atoms with Gasteiger partial charge in [0.25, 0.3) is 0 Å². The number of aliphatic carboxylic acids is 3. The Balaban J connectivity index is 2.86. The number of aliphatic hydroxyl groups is 1. The molecule has 5 N–H and O–H groups in total. The molecule has 0 aliphatic carbocycles. The average molecular weight is 648 g/mol. The quantitative estimate of drug-likeness (QED) is 0.0629. The Bertz CT molecular complexity index is 1130. The number of ketones is 1. The summed E-state index contributed by atoms with van der Waals surface area (Å²) in [6.45, 7) is 6.81. The van der Waals surface area contributed by atoms with E-state index in [1.807, 2.05) is 0 Å². The predicted molar refractivity (Wildman–Crippen MR) is 174 cm³/mol. The topological polar surface area (TPSA) is 188 Å². The zero-order valence-corrected chi connectivity index (χ0v) is 27.5. The molecule has 1 rings (SSSR count). The van der Waals surface area contributed by atoms with Gasteiger partial charge in [-0.1, -0.05) is 77.2 Å². The fourth-order valence-corrected chi connectivity index (χ4v) is 4.89. The maximum Gasteiger partial charge on any atom is 0.337 e. The van der Waals surface area contributed by atoms with E-state index in [9.17, 15) is 44.4 Å². The predicted octanol–water partition coefficient (Wildman–Crippen LogP) is 5.57. The lowest BCUT2D eigenvalue weighted by atomic mass is 9.82. The van der Waals surface area contributed by atoms with E-state index in [0.29, 0.717) is 49.5 Å². The highest BCUT2D eigenvalue weighted by atomic mass is 16.5. The number of unbranched alkanes of at least 4 members (excludes halogenated alkanes) is 7. The van der Waals surface area contributed by atoms with Crippen molar-refractivity contribution in [1.29, 1.82) is 0 Å². The van der Waals surface area contributed by atoms with Crippen molar-refractivity contribution in [3.8, 4) is 5.75 Å². The highest BCUT2D eigenvalue weighted by Crippen LogP contribution is 2.26. The largest absolute Gasteiger partial charge is 0.494 e. The highest BCUT2D eigenvalue weighted by Gasteiger charge is 2.49. The van der Waals surface area contributed by atoms with Crippen LogP contribution in [-0.4, -0.2) is 68.3 Å². The Morgan fingerprint density at radius 2 is 1.50 bits per heavy atom. The van der Waals surface area contributed by atoms with Crippen molar-refractivity contribution in [3.63, 3.8) is 0 Å². The molecule has 0 saturated carbocycles. The van der Waals surface area contributed by atoms with Crippen LogP contribution in [0.15, 0.2) is 36.4 Å². The molecule has 1 aromatic carbocycles. The van der Waals surface area contributed by atoms with Crippen LogP contribution in [0.5, 0.6) is 5.75 Å². The van der Waals surface area contributed by atoms with Crippen LogP contribution in [0.4, 0.5) is 0 Å². The number of allylic oxidation sites excluding steroid dienone is 1. The molecule has 0 heterocycles. The molecule has 46 heavy (non-hydrogen) atoms. The Hall–Kier alpha value is -3.73. The Kier molecular flexibility index (Phi) is 19.2. The summed E-state index contributed by atoms with van der Waals surface area (Å²) in [6, 6.07) is 5.21. The smallest absolute Gasteiger partial charge is 0.337 e. The molecule has 1 amide bonds. The maximum atomic E-state index is 13.3. The third-order valence-electron chi connectivity index (χ3n) is 7.74. The number of carbonyl (C=O) groups is 5. The second-order valence-corrected chi connectivity index (χ2v) is 12.3. The van der Waals surface area contributed by atoms with Crippen LogP contribution in [0.1, 0.15) is 110 Å². The third-order valence-corrected chi connectivity index (χ3v) is 7.74. The van der Waals surface area contributed by atoms with Gasteiger partial charge in [0, 0.05) is 19.3 Å². The Labute approximate surface area is 272 Å². The molecule has 0 aliphatic heterocycles. The number of benzene rings is 1. The zero-order valence-electron chi connectivity index (χ0n) is 27.5. The monoisotopic (exact) mass is 647 g/mol. The second-order valence-electron chi connectivity index (χ2n) is 12.3. The molecule has 0 bridgehead atoms. The average Bonchev–Trinajstić information content (AvgIpc) is 2.98. The fourth-order valence-electron chi connectivity index (χ4n) is 4.89. The van der Waals surface area contributed by atoms with E-state index in [-0.39, 0.29) is 12.2 Å². The van der Waals surface area contributed by atoms with Gasteiger partial charge in [0.2, 0.25) is 5.91 Å². The summed E-state index contributed by atoms with van der Waals surface area (Å²) in [7, 11) is 0. The summed E-state index contributed by atoms with van der Waals surface area (Å²) < 4.78 is 5.68. The molecule has 0 saturated heterocycles. The summed E-state index contributed by atoms with van der Waals surface area (Å²) in [5.74, 6) is -6.59. The van der Waals surface area contributed by atoms with E-state index < -0.39 is 47.8 Å². The summed E-state index contributed by atoms with van der Waals surface area (Å²) in [5, 5.41) is 42.0. The summed E-state index contributed by atoms with van der Waals surface area (Å²) in [5.41, 5.74) is -2.45. The van der Waals surface area contributed by atoms with Gasteiger partial charge in [0.1, 0.15) is 17.6 Å². The van der Waals surface area contributed by atoms with Crippen LogP contribution >= 0.6 is 0 Å². The molecule has 0 fully saturated rings. The van der Waals surface area contributed by atoms with Gasteiger partial charge < -0.3 is 30.5 Å². The minimum absolute atomic E-state index is 0.143. The van der Waals surface area contributed by atoms with E-state index in [1.54, 1.807) is 24.3 Å². The number of carbonyl (C=O) groups excluding carboxylic acids is 2. The first-order chi connectivity index (χ1) is 21.8. The minimum atomic E-state index is -3.01. The van der Waals surface area contributed by atoms with Crippen LogP contribution in [0.3, 0.4) is 0 Å². The lowest BCUT2D eigenvalue weighted by Crippen LogP contribution is -2.55. The molecular formula is C35H53NO10. The van der Waals surface area contributed by atoms with Crippen molar-refractivity contribution < 1.29 is 49.1 Å². The summed E-state index contributed by atoms with van der Waals surface area (Å²) in [6.07, 6.45) is 10.9. The molecule has 0 aliphatic rings. The third kappa shape index (κ3) is 16.0. The fraction of sp³-hybridized carbons (Fsp3) is 0.629. The maximum absolute atomic E-state index is 13.3. The van der Waals surface area contributed by atoms with Crippen LogP contribution in [0.25, 0.3) is 0 Å². The number of nitrogens with one attached hydrogen (secondary N) is 1. The first-order valence-corrected chi connectivity index (χ1v) is 16.4. The number of hydrogen-bond acceptors (Lipinski definition) is 7. The molecule has 0 spiro atoms. The van der Waals surface area contributed by atoms with Crippen LogP contribution in [0.2, 0.25) is 0 Å². The number of carboxylic acids is 3. The zero-order chi connectivity index (χ0) is 34.5. The van der Waals surface area contributed by atoms with E-state index in [4.69, 9.17) is 4.74 Å². The van der Waals surface area contributed by atoms with Gasteiger partial charge in [-0.05, 0) is 55.7 Å². The van der Waals surface area contributed by atoms with E-state index in [2.05, 4.69) is 26.1 Å². The van der Waals surface area contributed by atoms with Crippen molar-refractivity contribution in [3.05, 3.63) is 42.0 Å². The lowest BCUT2D eigenvalue weighted by molar-refractivity contribution is -0.172. The Morgan fingerprint density at radius 1 is 0.891 bits per heavy atom. The van der Waals surface area contributed by atoms with Gasteiger partial charge in [-0.2, -0.15) is 0 Å². The van der Waals surface area contributed by atoms with Crippen molar-refractivity contribution in [1.82, 2.24) is 5.32 Å². The van der Waals surface area contributed by atoms with Gasteiger partial charge in [-0.15, -0.1) is 0 Å². The van der Waals surface area contributed by atoms with Crippen molar-refractivity contribution >= 4 is 29.6 Å². The molecule has 3 atom stereocenters. The normalized spacial score (nSPS) is 14.0. The standard InChI is InChI=1S/C35H53NO10/c1-4-5-6-11-14-27(37)15-12-9-7-8-10-13-16-29(35(45,34(43)44)24-31(38)39)32(40)36-30(33(41)42)23-26-17-19-28(20-18-26)46-22-21-25(2)3/h13,16-20,25,29-30,45H,4-12,14-15,21-24H2,1-3H3,(H,36,40)(H,38,39)(H,41,42)(H,43,44)/b16-13+/t29-,30+,35+/m1/s1. The van der Waals surface area contributed by atoms with E-state index in [1.165, 1.54) is 6.08 Å². The molecule has 0 aromatic heterocycles. The molecule has 258 valence electrons. The van der Waals surface area contributed by atoms with Crippen molar-refractivity contribution in [2.24, 2.45) is 11.8 Å². The van der Waals surface area contributed by atoms with Crippen LogP contribution in [0, 0.1) is 11.8 Å². The molecule has 11 nitrogen and oxygen atoms in total. The molecular weight excluding hydrogens is 594 g/mol.